The van der Waals surface area contributed by atoms with Crippen molar-refractivity contribution in [2.24, 2.45) is 0 Å². The third kappa shape index (κ3) is 5.26. The van der Waals surface area contributed by atoms with Gasteiger partial charge in [0.1, 0.15) is 11.6 Å². The van der Waals surface area contributed by atoms with Crippen LogP contribution in [0.3, 0.4) is 0 Å². The highest BCUT2D eigenvalue weighted by Crippen LogP contribution is 2.17. The van der Waals surface area contributed by atoms with Crippen LogP contribution in [0, 0.1) is 0 Å². The van der Waals surface area contributed by atoms with Crippen molar-refractivity contribution < 1.29 is 14.3 Å². The van der Waals surface area contributed by atoms with Crippen LogP contribution in [0.2, 0.25) is 0 Å². The molecular formula is C23H24N4O3. The molecule has 0 radical (unpaired) electrons. The minimum Gasteiger partial charge on any atom is -0.477 e. The standard InChI is InChI=1S/C23H24N4O3/c28-23(27-16-14-26(15-17-27)21-5-1-3-12-24-21)30-20-9-7-19(8-10-20)11-18-29-22-6-2-4-13-25-22/h1-10,12-13H,11,14-18H2. The summed E-state index contributed by atoms with van der Waals surface area (Å²) in [6.07, 6.45) is 3.92. The van der Waals surface area contributed by atoms with E-state index in [0.29, 0.717) is 31.3 Å². The van der Waals surface area contributed by atoms with Gasteiger partial charge in [-0.25, -0.2) is 14.8 Å². The molecule has 0 saturated carbocycles. The fraction of sp³-hybridized carbons (Fsp3) is 0.261. The topological polar surface area (TPSA) is 67.8 Å². The maximum Gasteiger partial charge on any atom is 0.415 e. The van der Waals surface area contributed by atoms with E-state index in [9.17, 15) is 4.79 Å². The number of nitrogens with zero attached hydrogens (tertiary/aromatic N) is 4. The van der Waals surface area contributed by atoms with Crippen LogP contribution in [0.5, 0.6) is 11.6 Å². The van der Waals surface area contributed by atoms with Crippen LogP contribution in [-0.2, 0) is 6.42 Å². The van der Waals surface area contributed by atoms with Crippen molar-refractivity contribution in [1.29, 1.82) is 0 Å². The summed E-state index contributed by atoms with van der Waals surface area (Å²) in [6.45, 7) is 3.23. The summed E-state index contributed by atoms with van der Waals surface area (Å²) in [4.78, 5) is 24.9. The summed E-state index contributed by atoms with van der Waals surface area (Å²) >= 11 is 0. The fourth-order valence-electron chi connectivity index (χ4n) is 3.25. The Kier molecular flexibility index (Phi) is 6.39. The molecule has 3 heterocycles. The number of pyridine rings is 2. The quantitative estimate of drug-likeness (QED) is 0.627. The molecule has 1 fully saturated rings. The number of hydrogen-bond donors (Lipinski definition) is 0. The highest BCUT2D eigenvalue weighted by atomic mass is 16.6. The molecule has 2 aromatic heterocycles. The van der Waals surface area contributed by atoms with Gasteiger partial charge < -0.3 is 19.3 Å². The molecule has 4 rings (SSSR count). The molecular weight excluding hydrogens is 380 g/mol. The molecule has 1 aromatic carbocycles. The third-order valence-electron chi connectivity index (χ3n) is 4.92. The zero-order valence-electron chi connectivity index (χ0n) is 16.7. The van der Waals surface area contributed by atoms with Crippen molar-refractivity contribution in [1.82, 2.24) is 14.9 Å². The van der Waals surface area contributed by atoms with Crippen molar-refractivity contribution in [2.75, 3.05) is 37.7 Å². The molecule has 1 amide bonds. The SMILES string of the molecule is O=C(Oc1ccc(CCOc2ccccn2)cc1)N1CCN(c2ccccn2)CC1. The van der Waals surface area contributed by atoms with Gasteiger partial charge in [-0.2, -0.15) is 0 Å². The lowest BCUT2D eigenvalue weighted by molar-refractivity contribution is 0.149. The summed E-state index contributed by atoms with van der Waals surface area (Å²) in [6, 6.07) is 19.0. The molecule has 3 aromatic rings. The Bertz CT molecular complexity index is 928. The minimum atomic E-state index is -0.318. The molecule has 1 aliphatic rings. The number of hydrogen-bond acceptors (Lipinski definition) is 6. The van der Waals surface area contributed by atoms with E-state index in [2.05, 4.69) is 14.9 Å². The van der Waals surface area contributed by atoms with E-state index in [0.717, 1.165) is 30.9 Å². The van der Waals surface area contributed by atoms with Crippen LogP contribution >= 0.6 is 0 Å². The van der Waals surface area contributed by atoms with Gasteiger partial charge in [0.2, 0.25) is 5.88 Å². The average molecular weight is 404 g/mol. The average Bonchev–Trinajstić information content (AvgIpc) is 2.81. The summed E-state index contributed by atoms with van der Waals surface area (Å²) < 4.78 is 11.1. The van der Waals surface area contributed by atoms with Crippen molar-refractivity contribution >= 4 is 11.9 Å². The molecule has 0 atom stereocenters. The largest absolute Gasteiger partial charge is 0.477 e. The Labute approximate surface area is 175 Å². The van der Waals surface area contributed by atoms with Gasteiger partial charge in [0.25, 0.3) is 0 Å². The van der Waals surface area contributed by atoms with Gasteiger partial charge in [0.15, 0.2) is 0 Å². The Hall–Kier alpha value is -3.61. The maximum atomic E-state index is 12.5. The van der Waals surface area contributed by atoms with Gasteiger partial charge in [-0.15, -0.1) is 0 Å². The zero-order valence-corrected chi connectivity index (χ0v) is 16.7. The second-order valence-electron chi connectivity index (χ2n) is 6.94. The summed E-state index contributed by atoms with van der Waals surface area (Å²) in [7, 11) is 0. The molecule has 0 unspecified atom stereocenters. The lowest BCUT2D eigenvalue weighted by Gasteiger charge is -2.34. The third-order valence-corrected chi connectivity index (χ3v) is 4.92. The highest BCUT2D eigenvalue weighted by Gasteiger charge is 2.23. The predicted molar refractivity (Wildman–Crippen MR) is 114 cm³/mol. The Morgan fingerprint density at radius 2 is 1.60 bits per heavy atom. The number of carbonyl (C=O) groups excluding carboxylic acids is 1. The van der Waals surface area contributed by atoms with E-state index in [4.69, 9.17) is 9.47 Å². The van der Waals surface area contributed by atoms with E-state index < -0.39 is 0 Å². The first-order valence-electron chi connectivity index (χ1n) is 10.0. The highest BCUT2D eigenvalue weighted by molar-refractivity contribution is 5.71. The number of benzene rings is 1. The van der Waals surface area contributed by atoms with Crippen LogP contribution in [0.1, 0.15) is 5.56 Å². The number of aromatic nitrogens is 2. The monoisotopic (exact) mass is 404 g/mol. The van der Waals surface area contributed by atoms with E-state index in [1.54, 1.807) is 17.3 Å². The summed E-state index contributed by atoms with van der Waals surface area (Å²) in [5.41, 5.74) is 1.11. The van der Waals surface area contributed by atoms with Gasteiger partial charge in [-0.05, 0) is 35.9 Å². The Morgan fingerprint density at radius 3 is 2.27 bits per heavy atom. The first kappa shape index (κ1) is 19.7. The van der Waals surface area contributed by atoms with Gasteiger partial charge in [-0.3, -0.25) is 0 Å². The molecule has 0 spiro atoms. The number of carbonyl (C=O) groups is 1. The van der Waals surface area contributed by atoms with Crippen LogP contribution in [0.15, 0.2) is 73.1 Å². The summed E-state index contributed by atoms with van der Waals surface area (Å²) in [5, 5.41) is 0. The number of anilines is 1. The first-order chi connectivity index (χ1) is 14.8. The molecule has 0 aliphatic carbocycles. The van der Waals surface area contributed by atoms with Crippen molar-refractivity contribution in [3.05, 3.63) is 78.6 Å². The Balaban J connectivity index is 1.22. The number of amides is 1. The fourth-order valence-corrected chi connectivity index (χ4v) is 3.25. The smallest absolute Gasteiger partial charge is 0.415 e. The molecule has 0 N–H and O–H groups in total. The van der Waals surface area contributed by atoms with E-state index >= 15 is 0 Å². The molecule has 7 nitrogen and oxygen atoms in total. The van der Waals surface area contributed by atoms with Gasteiger partial charge in [0, 0.05) is 51.1 Å². The van der Waals surface area contributed by atoms with Gasteiger partial charge in [0.05, 0.1) is 6.61 Å². The molecule has 30 heavy (non-hydrogen) atoms. The zero-order chi connectivity index (χ0) is 20.6. The van der Waals surface area contributed by atoms with Crippen molar-refractivity contribution in [3.8, 4) is 11.6 Å². The van der Waals surface area contributed by atoms with E-state index in [1.165, 1.54) is 0 Å². The lowest BCUT2D eigenvalue weighted by atomic mass is 10.1. The van der Waals surface area contributed by atoms with Crippen LogP contribution in [-0.4, -0.2) is 53.7 Å². The van der Waals surface area contributed by atoms with Gasteiger partial charge >= 0.3 is 6.09 Å². The number of ether oxygens (including phenoxy) is 2. The normalized spacial score (nSPS) is 13.7. The first-order valence-corrected chi connectivity index (χ1v) is 10.0. The van der Waals surface area contributed by atoms with E-state index in [1.807, 2.05) is 60.7 Å². The predicted octanol–water partition coefficient (Wildman–Crippen LogP) is 3.42. The lowest BCUT2D eigenvalue weighted by Crippen LogP contribution is -2.49. The van der Waals surface area contributed by atoms with Gasteiger partial charge in [-0.1, -0.05) is 24.3 Å². The van der Waals surface area contributed by atoms with Crippen LogP contribution in [0.4, 0.5) is 10.6 Å². The molecule has 7 heteroatoms. The minimum absolute atomic E-state index is 0.318. The van der Waals surface area contributed by atoms with Crippen molar-refractivity contribution in [2.45, 2.75) is 6.42 Å². The summed E-state index contributed by atoms with van der Waals surface area (Å²) in [5.74, 6) is 2.10. The van der Waals surface area contributed by atoms with Crippen molar-refractivity contribution in [3.63, 3.8) is 0 Å². The number of piperazine rings is 1. The second kappa shape index (κ2) is 9.73. The van der Waals surface area contributed by atoms with E-state index in [-0.39, 0.29) is 6.09 Å². The molecule has 1 saturated heterocycles. The van der Waals surface area contributed by atoms with Crippen LogP contribution < -0.4 is 14.4 Å². The maximum absolute atomic E-state index is 12.5. The molecule has 0 bridgehead atoms. The Morgan fingerprint density at radius 1 is 0.867 bits per heavy atom. The van der Waals surface area contributed by atoms with Crippen LogP contribution in [0.25, 0.3) is 0 Å². The second-order valence-corrected chi connectivity index (χ2v) is 6.94. The molecule has 1 aliphatic heterocycles. The molecule has 154 valence electrons. The number of rotatable bonds is 6.